The van der Waals surface area contributed by atoms with E-state index in [1.54, 1.807) is 20.8 Å². The molecule has 0 aliphatic rings. The van der Waals surface area contributed by atoms with Crippen LogP contribution in [0, 0.1) is 0 Å². The minimum absolute atomic E-state index is 0.0601. The third-order valence-corrected chi connectivity index (χ3v) is 2.41. The highest BCUT2D eigenvalue weighted by atomic mass is 16.6. The van der Waals surface area contributed by atoms with E-state index in [-0.39, 0.29) is 19.4 Å². The Balaban J connectivity index is 4.56. The molecule has 2 N–H and O–H groups in total. The predicted octanol–water partition coefficient (Wildman–Crippen LogP) is 0.849. The van der Waals surface area contributed by atoms with Gasteiger partial charge >= 0.3 is 18.0 Å². The van der Waals surface area contributed by atoms with Crippen LogP contribution in [0.4, 0.5) is 4.79 Å². The fraction of sp³-hybridized carbons (Fsp3) is 0.786. The van der Waals surface area contributed by atoms with Crippen LogP contribution in [0.25, 0.3) is 0 Å². The number of aliphatic carboxylic acids is 1. The van der Waals surface area contributed by atoms with E-state index in [0.29, 0.717) is 6.54 Å². The molecule has 0 bridgehead atoms. The molecule has 0 saturated carbocycles. The summed E-state index contributed by atoms with van der Waals surface area (Å²) in [6, 6.07) is -1.05. The van der Waals surface area contributed by atoms with Gasteiger partial charge in [-0.3, -0.25) is 4.79 Å². The number of carboxylic acids is 1. The molecule has 128 valence electrons. The summed E-state index contributed by atoms with van der Waals surface area (Å²) in [5, 5.41) is 11.1. The highest BCUT2D eigenvalue weighted by Crippen LogP contribution is 2.08. The van der Waals surface area contributed by atoms with Crippen molar-refractivity contribution in [3.8, 4) is 0 Å². The number of amides is 1. The zero-order valence-electron chi connectivity index (χ0n) is 13.8. The number of nitrogens with zero attached hydrogens (tertiary/aromatic N) is 1. The first kappa shape index (κ1) is 20.2. The lowest BCUT2D eigenvalue weighted by molar-refractivity contribution is -0.147. The van der Waals surface area contributed by atoms with E-state index < -0.39 is 29.7 Å². The highest BCUT2D eigenvalue weighted by Gasteiger charge is 2.26. The molecule has 22 heavy (non-hydrogen) atoms. The van der Waals surface area contributed by atoms with E-state index in [2.05, 4.69) is 5.32 Å². The molecular formula is C14H26N2O6. The number of hydrogen-bond acceptors (Lipinski definition) is 6. The molecule has 0 aromatic rings. The van der Waals surface area contributed by atoms with E-state index in [4.69, 9.17) is 14.6 Å². The van der Waals surface area contributed by atoms with Crippen molar-refractivity contribution in [2.24, 2.45) is 0 Å². The van der Waals surface area contributed by atoms with Gasteiger partial charge in [0.2, 0.25) is 0 Å². The third kappa shape index (κ3) is 10.9. The molecule has 1 amide bonds. The summed E-state index contributed by atoms with van der Waals surface area (Å²) in [5.74, 6) is -1.73. The van der Waals surface area contributed by atoms with Gasteiger partial charge in [0.1, 0.15) is 18.2 Å². The lowest BCUT2D eigenvalue weighted by atomic mass is 10.1. The number of carboxylic acid groups (broad SMARTS) is 1. The molecule has 0 heterocycles. The minimum Gasteiger partial charge on any atom is -0.481 e. The largest absolute Gasteiger partial charge is 0.481 e. The number of carbonyl (C=O) groups excluding carboxylic acids is 2. The Morgan fingerprint density at radius 1 is 1.23 bits per heavy atom. The summed E-state index contributed by atoms with van der Waals surface area (Å²) >= 11 is 0. The van der Waals surface area contributed by atoms with Gasteiger partial charge in [-0.1, -0.05) is 0 Å². The third-order valence-electron chi connectivity index (χ3n) is 2.41. The number of likely N-dealkylation sites (N-methyl/N-ethyl adjacent to an activating group) is 1. The molecule has 8 nitrogen and oxygen atoms in total. The molecule has 0 spiro atoms. The molecule has 0 aliphatic carbocycles. The zero-order valence-corrected chi connectivity index (χ0v) is 13.8. The quantitative estimate of drug-likeness (QED) is 0.639. The maximum Gasteiger partial charge on any atom is 0.408 e. The van der Waals surface area contributed by atoms with Crippen LogP contribution in [0.5, 0.6) is 0 Å². The first-order valence-electron chi connectivity index (χ1n) is 7.04. The van der Waals surface area contributed by atoms with Crippen molar-refractivity contribution in [2.45, 2.75) is 45.3 Å². The second-order valence-electron chi connectivity index (χ2n) is 6.10. The zero-order chi connectivity index (χ0) is 17.3. The number of ether oxygens (including phenoxy) is 2. The van der Waals surface area contributed by atoms with Crippen molar-refractivity contribution < 1.29 is 29.0 Å². The van der Waals surface area contributed by atoms with Crippen molar-refractivity contribution in [1.29, 1.82) is 0 Å². The predicted molar refractivity (Wildman–Crippen MR) is 79.5 cm³/mol. The van der Waals surface area contributed by atoms with Gasteiger partial charge < -0.3 is 24.8 Å². The molecule has 0 aromatic heterocycles. The van der Waals surface area contributed by atoms with Gasteiger partial charge in [-0.25, -0.2) is 9.59 Å². The van der Waals surface area contributed by atoms with Crippen molar-refractivity contribution >= 4 is 18.0 Å². The number of hydrogen-bond donors (Lipinski definition) is 2. The Morgan fingerprint density at radius 3 is 2.27 bits per heavy atom. The topological polar surface area (TPSA) is 105 Å². The molecular weight excluding hydrogens is 292 g/mol. The Bertz CT molecular complexity index is 389. The lowest BCUT2D eigenvalue weighted by Gasteiger charge is -2.23. The number of carbonyl (C=O) groups is 3. The molecule has 0 radical (unpaired) electrons. The normalized spacial score (nSPS) is 12.6. The number of esters is 1. The average molecular weight is 318 g/mol. The minimum atomic E-state index is -1.06. The van der Waals surface area contributed by atoms with Crippen LogP contribution in [0.2, 0.25) is 0 Å². The van der Waals surface area contributed by atoms with Gasteiger partial charge in [-0.2, -0.15) is 0 Å². The van der Waals surface area contributed by atoms with Gasteiger partial charge in [0.15, 0.2) is 0 Å². The first-order chi connectivity index (χ1) is 10.0. The van der Waals surface area contributed by atoms with E-state index in [0.717, 1.165) is 0 Å². The van der Waals surface area contributed by atoms with E-state index in [1.807, 2.05) is 19.0 Å². The van der Waals surface area contributed by atoms with Gasteiger partial charge in [-0.05, 0) is 41.3 Å². The van der Waals surface area contributed by atoms with Crippen LogP contribution in [-0.2, 0) is 19.1 Å². The fourth-order valence-corrected chi connectivity index (χ4v) is 1.40. The van der Waals surface area contributed by atoms with E-state index >= 15 is 0 Å². The molecule has 0 fully saturated rings. The summed E-state index contributed by atoms with van der Waals surface area (Å²) in [4.78, 5) is 36.1. The smallest absolute Gasteiger partial charge is 0.408 e. The first-order valence-corrected chi connectivity index (χ1v) is 7.04. The second-order valence-corrected chi connectivity index (χ2v) is 6.10. The molecule has 8 heteroatoms. The Labute approximate surface area is 130 Å². The highest BCUT2D eigenvalue weighted by molar-refractivity contribution is 5.82. The SMILES string of the molecule is CN(C)CCOC(=O)[C@H](CCC(=O)O)NC(=O)OC(C)(C)C. The summed E-state index contributed by atoms with van der Waals surface area (Å²) in [6.07, 6.45) is -1.11. The van der Waals surface area contributed by atoms with Crippen LogP contribution in [0.3, 0.4) is 0 Å². The monoisotopic (exact) mass is 318 g/mol. The number of rotatable bonds is 8. The Hall–Kier alpha value is -1.83. The molecule has 0 saturated heterocycles. The van der Waals surface area contributed by atoms with Crippen LogP contribution >= 0.6 is 0 Å². The second kappa shape index (κ2) is 9.24. The van der Waals surface area contributed by atoms with Crippen molar-refractivity contribution in [3.63, 3.8) is 0 Å². The van der Waals surface area contributed by atoms with Gasteiger partial charge in [-0.15, -0.1) is 0 Å². The lowest BCUT2D eigenvalue weighted by Crippen LogP contribution is -2.44. The number of nitrogens with one attached hydrogen (secondary N) is 1. The summed E-state index contributed by atoms with van der Waals surface area (Å²) in [6.45, 7) is 5.76. The van der Waals surface area contributed by atoms with E-state index in [1.165, 1.54) is 0 Å². The van der Waals surface area contributed by atoms with Crippen LogP contribution in [0.15, 0.2) is 0 Å². The van der Waals surface area contributed by atoms with E-state index in [9.17, 15) is 14.4 Å². The average Bonchev–Trinajstić information content (AvgIpc) is 2.31. The summed E-state index contributed by atoms with van der Waals surface area (Å²) in [7, 11) is 3.66. The summed E-state index contributed by atoms with van der Waals surface area (Å²) in [5.41, 5.74) is -0.712. The van der Waals surface area contributed by atoms with Crippen molar-refractivity contribution in [3.05, 3.63) is 0 Å². The summed E-state index contributed by atoms with van der Waals surface area (Å²) < 4.78 is 10.1. The van der Waals surface area contributed by atoms with Gasteiger partial charge in [0.05, 0.1) is 0 Å². The van der Waals surface area contributed by atoms with Crippen LogP contribution in [-0.4, -0.2) is 66.9 Å². The van der Waals surface area contributed by atoms with Crippen molar-refractivity contribution in [1.82, 2.24) is 10.2 Å². The Morgan fingerprint density at radius 2 is 1.82 bits per heavy atom. The van der Waals surface area contributed by atoms with Crippen LogP contribution in [0.1, 0.15) is 33.6 Å². The van der Waals surface area contributed by atoms with Gasteiger partial charge in [0, 0.05) is 13.0 Å². The molecule has 0 aliphatic heterocycles. The molecule has 1 atom stereocenters. The van der Waals surface area contributed by atoms with Crippen molar-refractivity contribution in [2.75, 3.05) is 27.2 Å². The Kier molecular flexibility index (Phi) is 8.47. The molecule has 0 unspecified atom stereocenters. The molecule has 0 aromatic carbocycles. The van der Waals surface area contributed by atoms with Gasteiger partial charge in [0.25, 0.3) is 0 Å². The maximum absolute atomic E-state index is 11.9. The van der Waals surface area contributed by atoms with Crippen LogP contribution < -0.4 is 5.32 Å². The standard InChI is InChI=1S/C14H26N2O6/c1-14(2,3)22-13(20)15-10(6-7-11(17)18)12(19)21-9-8-16(4)5/h10H,6-9H2,1-5H3,(H,15,20)(H,17,18)/t10-/m0/s1. The maximum atomic E-state index is 11.9. The number of alkyl carbamates (subject to hydrolysis) is 1. The fourth-order valence-electron chi connectivity index (χ4n) is 1.40. The molecule has 0 rings (SSSR count).